The van der Waals surface area contributed by atoms with Crippen molar-refractivity contribution in [2.45, 2.75) is 64.6 Å². The molecule has 3 rings (SSSR count). The van der Waals surface area contributed by atoms with Gasteiger partial charge in [0.2, 0.25) is 0 Å². The summed E-state index contributed by atoms with van der Waals surface area (Å²) in [6.07, 6.45) is 7.90. The SMILES string of the molecule is CC1CCn2c(CNC3CCCC3)nc(Br)c2C1. The standard InChI is InChI=1S/C14H22BrN3/c1-10-6-7-18-12(8-10)14(15)17-13(18)9-16-11-4-2-3-5-11/h10-11,16H,2-9H2,1H3. The van der Waals surface area contributed by atoms with Crippen molar-refractivity contribution in [1.82, 2.24) is 14.9 Å². The van der Waals surface area contributed by atoms with Gasteiger partial charge in [-0.25, -0.2) is 4.98 Å². The first-order chi connectivity index (χ1) is 8.74. The van der Waals surface area contributed by atoms with E-state index in [0.717, 1.165) is 36.1 Å². The molecule has 0 spiro atoms. The molecule has 2 aliphatic rings. The lowest BCUT2D eigenvalue weighted by atomic mass is 9.99. The van der Waals surface area contributed by atoms with E-state index in [9.17, 15) is 0 Å². The summed E-state index contributed by atoms with van der Waals surface area (Å²) >= 11 is 3.62. The lowest BCUT2D eigenvalue weighted by Crippen LogP contribution is -2.28. The highest BCUT2D eigenvalue weighted by Gasteiger charge is 2.23. The molecule has 2 heterocycles. The van der Waals surface area contributed by atoms with Crippen LogP contribution < -0.4 is 5.32 Å². The molecule has 1 aromatic heterocycles. The van der Waals surface area contributed by atoms with Gasteiger partial charge in [0.25, 0.3) is 0 Å². The molecule has 1 aromatic rings. The number of nitrogens with zero attached hydrogens (tertiary/aromatic N) is 2. The third kappa shape index (κ3) is 2.50. The van der Waals surface area contributed by atoms with Crippen molar-refractivity contribution in [3.05, 3.63) is 16.1 Å². The third-order valence-corrected chi connectivity index (χ3v) is 5.03. The van der Waals surface area contributed by atoms with E-state index < -0.39 is 0 Å². The van der Waals surface area contributed by atoms with E-state index in [1.807, 2.05) is 0 Å². The third-order valence-electron chi connectivity index (χ3n) is 4.39. The van der Waals surface area contributed by atoms with Crippen LogP contribution in [-0.2, 0) is 19.5 Å². The molecule has 1 unspecified atom stereocenters. The van der Waals surface area contributed by atoms with Gasteiger partial charge in [-0.05, 0) is 47.5 Å². The molecule has 4 heteroatoms. The van der Waals surface area contributed by atoms with Gasteiger partial charge in [0.15, 0.2) is 0 Å². The van der Waals surface area contributed by atoms with Crippen molar-refractivity contribution >= 4 is 15.9 Å². The Morgan fingerprint density at radius 1 is 1.33 bits per heavy atom. The average Bonchev–Trinajstić information content (AvgIpc) is 2.96. The Morgan fingerprint density at radius 3 is 2.89 bits per heavy atom. The van der Waals surface area contributed by atoms with Crippen molar-refractivity contribution in [2.75, 3.05) is 0 Å². The second kappa shape index (κ2) is 5.33. The van der Waals surface area contributed by atoms with Crippen LogP contribution in [-0.4, -0.2) is 15.6 Å². The van der Waals surface area contributed by atoms with Crippen LogP contribution in [0.4, 0.5) is 0 Å². The summed E-state index contributed by atoms with van der Waals surface area (Å²) in [6.45, 7) is 4.40. The lowest BCUT2D eigenvalue weighted by Gasteiger charge is -2.22. The van der Waals surface area contributed by atoms with Crippen LogP contribution in [0.3, 0.4) is 0 Å². The molecule has 1 aliphatic carbocycles. The Morgan fingerprint density at radius 2 is 2.11 bits per heavy atom. The first-order valence-corrected chi connectivity index (χ1v) is 8.00. The van der Waals surface area contributed by atoms with Crippen LogP contribution in [0, 0.1) is 5.92 Å². The zero-order valence-corrected chi connectivity index (χ0v) is 12.7. The Bertz CT molecular complexity index is 421. The minimum Gasteiger partial charge on any atom is -0.330 e. The number of nitrogens with one attached hydrogen (secondary N) is 1. The van der Waals surface area contributed by atoms with Crippen LogP contribution in [0.2, 0.25) is 0 Å². The number of hydrogen-bond acceptors (Lipinski definition) is 2. The van der Waals surface area contributed by atoms with Crippen molar-refractivity contribution in [2.24, 2.45) is 5.92 Å². The quantitative estimate of drug-likeness (QED) is 0.928. The van der Waals surface area contributed by atoms with Crippen LogP contribution in [0.15, 0.2) is 4.60 Å². The van der Waals surface area contributed by atoms with E-state index in [0.29, 0.717) is 0 Å². The smallest absolute Gasteiger partial charge is 0.127 e. The Labute approximate surface area is 117 Å². The van der Waals surface area contributed by atoms with Gasteiger partial charge < -0.3 is 9.88 Å². The van der Waals surface area contributed by atoms with Crippen LogP contribution in [0.25, 0.3) is 0 Å². The van der Waals surface area contributed by atoms with E-state index in [1.54, 1.807) is 0 Å². The van der Waals surface area contributed by atoms with Gasteiger partial charge in [-0.3, -0.25) is 0 Å². The molecule has 0 saturated heterocycles. The van der Waals surface area contributed by atoms with Gasteiger partial charge in [-0.1, -0.05) is 19.8 Å². The molecule has 0 aromatic carbocycles. The fraction of sp³-hybridized carbons (Fsp3) is 0.786. The highest BCUT2D eigenvalue weighted by atomic mass is 79.9. The summed E-state index contributed by atoms with van der Waals surface area (Å²) in [4.78, 5) is 4.70. The Hall–Kier alpha value is -0.350. The summed E-state index contributed by atoms with van der Waals surface area (Å²) in [5.74, 6) is 2.01. The number of fused-ring (bicyclic) bond motifs is 1. The van der Waals surface area contributed by atoms with Crippen molar-refractivity contribution in [3.8, 4) is 0 Å². The molecule has 0 amide bonds. The summed E-state index contributed by atoms with van der Waals surface area (Å²) in [7, 11) is 0. The van der Waals surface area contributed by atoms with Gasteiger partial charge in [-0.15, -0.1) is 0 Å². The summed E-state index contributed by atoms with van der Waals surface area (Å²) in [5, 5.41) is 3.67. The Balaban J connectivity index is 1.70. The number of rotatable bonds is 3. The van der Waals surface area contributed by atoms with E-state index in [4.69, 9.17) is 4.98 Å². The highest BCUT2D eigenvalue weighted by Crippen LogP contribution is 2.28. The van der Waals surface area contributed by atoms with Crippen LogP contribution >= 0.6 is 15.9 Å². The molecule has 1 fully saturated rings. The molecule has 1 saturated carbocycles. The van der Waals surface area contributed by atoms with Crippen molar-refractivity contribution < 1.29 is 0 Å². The molecule has 100 valence electrons. The van der Waals surface area contributed by atoms with Gasteiger partial charge in [0.1, 0.15) is 10.4 Å². The molecule has 0 bridgehead atoms. The maximum absolute atomic E-state index is 4.70. The molecule has 3 nitrogen and oxygen atoms in total. The van der Waals surface area contributed by atoms with Gasteiger partial charge in [0.05, 0.1) is 12.2 Å². The second-order valence-corrected chi connectivity index (χ2v) is 6.63. The lowest BCUT2D eigenvalue weighted by molar-refractivity contribution is 0.400. The molecule has 0 radical (unpaired) electrons. The fourth-order valence-corrected chi connectivity index (χ4v) is 3.83. The highest BCUT2D eigenvalue weighted by molar-refractivity contribution is 9.10. The van der Waals surface area contributed by atoms with Gasteiger partial charge in [-0.2, -0.15) is 0 Å². The minimum absolute atomic E-state index is 0.722. The van der Waals surface area contributed by atoms with Gasteiger partial charge in [0, 0.05) is 12.6 Å². The number of halogens is 1. The van der Waals surface area contributed by atoms with Crippen LogP contribution in [0.5, 0.6) is 0 Å². The molecular formula is C14H22BrN3. The predicted octanol–water partition coefficient (Wildman–Crippen LogP) is 3.26. The van der Waals surface area contributed by atoms with Crippen molar-refractivity contribution in [1.29, 1.82) is 0 Å². The topological polar surface area (TPSA) is 29.9 Å². The molecule has 18 heavy (non-hydrogen) atoms. The largest absolute Gasteiger partial charge is 0.330 e. The molecule has 1 N–H and O–H groups in total. The maximum Gasteiger partial charge on any atom is 0.127 e. The van der Waals surface area contributed by atoms with E-state index >= 15 is 0 Å². The fourth-order valence-electron chi connectivity index (χ4n) is 3.25. The normalized spacial score (nSPS) is 24.4. The number of aromatic nitrogens is 2. The monoisotopic (exact) mass is 311 g/mol. The van der Waals surface area contributed by atoms with Gasteiger partial charge >= 0.3 is 0 Å². The van der Waals surface area contributed by atoms with Crippen LogP contribution in [0.1, 0.15) is 50.5 Å². The average molecular weight is 312 g/mol. The van der Waals surface area contributed by atoms with E-state index in [-0.39, 0.29) is 0 Å². The second-order valence-electron chi connectivity index (χ2n) is 5.88. The number of hydrogen-bond donors (Lipinski definition) is 1. The zero-order valence-electron chi connectivity index (χ0n) is 11.1. The molecule has 1 aliphatic heterocycles. The summed E-state index contributed by atoms with van der Waals surface area (Å²) < 4.78 is 3.49. The first kappa shape index (κ1) is 12.7. The Kier molecular flexibility index (Phi) is 3.76. The minimum atomic E-state index is 0.722. The zero-order chi connectivity index (χ0) is 12.5. The first-order valence-electron chi connectivity index (χ1n) is 7.21. The van der Waals surface area contributed by atoms with Crippen molar-refractivity contribution in [3.63, 3.8) is 0 Å². The molecule has 1 atom stereocenters. The summed E-state index contributed by atoms with van der Waals surface area (Å²) in [5.41, 5.74) is 1.40. The van der Waals surface area contributed by atoms with E-state index in [2.05, 4.69) is 32.7 Å². The maximum atomic E-state index is 4.70. The summed E-state index contributed by atoms with van der Waals surface area (Å²) in [6, 6.07) is 0.722. The molecular weight excluding hydrogens is 290 g/mol. The van der Waals surface area contributed by atoms with E-state index in [1.165, 1.54) is 43.6 Å². The predicted molar refractivity (Wildman–Crippen MR) is 76.5 cm³/mol. The number of imidazole rings is 1.